The van der Waals surface area contributed by atoms with Crippen molar-refractivity contribution in [2.45, 2.75) is 238 Å². The van der Waals surface area contributed by atoms with Gasteiger partial charge in [-0.1, -0.05) is 191 Å². The summed E-state index contributed by atoms with van der Waals surface area (Å²) in [6.45, 7) is 37.0. The number of carbonyl (C=O) groups is 1. The number of phenols is 6. The van der Waals surface area contributed by atoms with Gasteiger partial charge in [-0.2, -0.15) is 0 Å². The summed E-state index contributed by atoms with van der Waals surface area (Å²) in [6, 6.07) is 78.3. The zero-order valence-corrected chi connectivity index (χ0v) is 79.7. The molecule has 3 unspecified atom stereocenters. The first kappa shape index (κ1) is 92.0. The molecule has 4 atom stereocenters. The quantitative estimate of drug-likeness (QED) is 0.0934. The number of ketones is 1. The number of hydrogen-bond donors (Lipinski definition) is 6. The predicted molar refractivity (Wildman–Crippen MR) is 544 cm³/mol. The Morgan fingerprint density at radius 2 is 0.500 bits per heavy atom. The zero-order valence-electron chi connectivity index (χ0n) is 79.7. The van der Waals surface area contributed by atoms with Gasteiger partial charge in [-0.3, -0.25) is 4.79 Å². The Bertz CT molecular complexity index is 6380. The molecule has 0 amide bonds. The average Bonchev–Trinajstić information content (AvgIpc) is 1.68. The molecule has 7 aliphatic carbocycles. The Kier molecular flexibility index (Phi) is 27.8. The van der Waals surface area contributed by atoms with E-state index in [0.717, 1.165) is 108 Å². The van der Waals surface area contributed by atoms with Crippen molar-refractivity contribution in [2.75, 3.05) is 0 Å². The number of hydrogen-bond acceptors (Lipinski definition) is 7. The molecule has 0 fully saturated rings. The minimum atomic E-state index is 0.240. The maximum absolute atomic E-state index is 11.8. The van der Waals surface area contributed by atoms with Crippen LogP contribution in [0.1, 0.15) is 250 Å². The fourth-order valence-electron chi connectivity index (χ4n) is 20.7. The minimum absolute atomic E-state index is 0.240. The molecule has 130 heavy (non-hydrogen) atoms. The molecular formula is C123H130O7. The summed E-state index contributed by atoms with van der Waals surface area (Å²) >= 11 is 0. The molecule has 7 aliphatic rings. The van der Waals surface area contributed by atoms with E-state index in [2.05, 4.69) is 236 Å². The molecule has 14 aromatic rings. The zero-order chi connectivity index (χ0) is 92.4. The number of carbonyl (C=O) groups excluding carboxylic acids is 1. The maximum atomic E-state index is 11.8. The fraction of sp³-hybridized carbons (Fsp3) is 0.293. The molecule has 7 nitrogen and oxygen atoms in total. The molecule has 6 N–H and O–H groups in total. The van der Waals surface area contributed by atoms with Crippen molar-refractivity contribution in [1.29, 1.82) is 0 Å². The highest BCUT2D eigenvalue weighted by molar-refractivity contribution is 6.01. The largest absolute Gasteiger partial charge is 0.507 e. The third-order valence-electron chi connectivity index (χ3n) is 28.5. The number of Topliss-reactive ketones (excluding diaryl/α,β-unsaturated/α-hetero) is 1. The van der Waals surface area contributed by atoms with E-state index < -0.39 is 0 Å². The summed E-state index contributed by atoms with van der Waals surface area (Å²) in [5.41, 5.74) is 50.8. The monoisotopic (exact) mass is 1720 g/mol. The van der Waals surface area contributed by atoms with Gasteiger partial charge in [0, 0.05) is 12.0 Å². The van der Waals surface area contributed by atoms with Gasteiger partial charge in [0.25, 0.3) is 0 Å². The second-order valence-electron chi connectivity index (χ2n) is 38.7. The lowest BCUT2D eigenvalue weighted by molar-refractivity contribution is 0.0994. The van der Waals surface area contributed by atoms with Crippen molar-refractivity contribution in [3.8, 4) is 112 Å². The summed E-state index contributed by atoms with van der Waals surface area (Å²) in [5, 5.41) is 59.1. The summed E-state index contributed by atoms with van der Waals surface area (Å²) < 4.78 is 0. The van der Waals surface area contributed by atoms with E-state index in [1.165, 1.54) is 204 Å². The van der Waals surface area contributed by atoms with Gasteiger partial charge in [0.05, 0.1) is 0 Å². The van der Waals surface area contributed by atoms with Gasteiger partial charge < -0.3 is 30.6 Å². The number of aryl methyl sites for hydroxylation is 21. The molecule has 7 heteroatoms. The molecule has 21 rings (SSSR count). The molecule has 0 aromatic heterocycles. The van der Waals surface area contributed by atoms with Gasteiger partial charge in [-0.25, -0.2) is 0 Å². The first-order chi connectivity index (χ1) is 62.2. The molecule has 664 valence electrons. The van der Waals surface area contributed by atoms with Gasteiger partial charge in [0.1, 0.15) is 34.5 Å². The molecule has 0 saturated heterocycles. The van der Waals surface area contributed by atoms with Crippen LogP contribution in [-0.2, 0) is 51.4 Å². The van der Waals surface area contributed by atoms with Crippen molar-refractivity contribution in [3.63, 3.8) is 0 Å². The molecular weight excluding hydrogens is 1590 g/mol. The van der Waals surface area contributed by atoms with Crippen LogP contribution in [0.5, 0.6) is 34.5 Å². The van der Waals surface area contributed by atoms with E-state index in [0.29, 0.717) is 58.7 Å². The standard InChI is InChI=1S/3C18H20O.C18H20.C17H16O2.C17H18O.C17H16O/c2*1-11-4-5-15-10-14(6-7-17(11)15)16-8-12(2)18(19)13(3)9-16;1-11-4-5-14-6-7-15(10-17(11)14)16-8-12(2)18(19)13(3)9-16;1-12-8-13(2)10-17(9-12)15-6-7-18-14(3)4-5-16(18)11-15;1-10-7-14(8-11(2)17(10)19)13-4-3-12-5-6-16(18)15(12)9-13;2*1-11-8-16(9-12(2)17(11)18)15-7-6-13-4-3-5-14(13)10-15/h3*6-11,19H,4-5H2,1-3H3;6-11,14H,4-5H2,1-3H3;3-4,7-9,19H,5-6H2,1-2H3;6-10,18H,3-5H2,1-2H3;3-4,6-10,18H,5H2,1-2H3/t;;;14-;;;/m...0.../s1. The van der Waals surface area contributed by atoms with Crippen LogP contribution in [0.15, 0.2) is 224 Å². The SMILES string of the molecule is Cc1cc(-c2ccc3c(c2)C(=O)CC3)cc(C)c1O.Cc1cc(-c2ccc3c(c2)C(C)CC3)cc(C)c1O.Cc1cc(-c2ccc3c(c2)CC=C3)cc(C)c1O.Cc1cc(-c2ccc3c(c2)CCC3)cc(C)c1O.Cc1cc(-c2ccc3c(c2)CCC3C)cc(C)c1O.Cc1cc(-c2ccc3c(c2)CCC3C)cc(C)c1O.Cc1cc(C)cc(-c2ccc3c(c2)CC[C@@H]3C)c1. The van der Waals surface area contributed by atoms with Crippen molar-refractivity contribution in [3.05, 3.63) is 380 Å². The van der Waals surface area contributed by atoms with Gasteiger partial charge >= 0.3 is 0 Å². The number of fused-ring (bicyclic) bond motifs is 7. The van der Waals surface area contributed by atoms with Crippen LogP contribution >= 0.6 is 0 Å². The van der Waals surface area contributed by atoms with Crippen LogP contribution in [-0.4, -0.2) is 36.4 Å². The van der Waals surface area contributed by atoms with Gasteiger partial charge in [-0.05, 0) is 500 Å². The molecule has 14 aromatic carbocycles. The van der Waals surface area contributed by atoms with Crippen molar-refractivity contribution in [2.24, 2.45) is 0 Å². The molecule has 0 aliphatic heterocycles. The predicted octanol–water partition coefficient (Wildman–Crippen LogP) is 31.4. The van der Waals surface area contributed by atoms with Gasteiger partial charge in [-0.15, -0.1) is 0 Å². The van der Waals surface area contributed by atoms with Crippen LogP contribution in [0, 0.1) is 96.9 Å². The molecule has 0 radical (unpaired) electrons. The van der Waals surface area contributed by atoms with Crippen molar-refractivity contribution < 1.29 is 35.4 Å². The lowest BCUT2D eigenvalue weighted by Gasteiger charge is -2.11. The lowest BCUT2D eigenvalue weighted by Crippen LogP contribution is -1.92. The number of aromatic hydroxyl groups is 6. The lowest BCUT2D eigenvalue weighted by atomic mass is 9.95. The Labute approximate surface area is 773 Å². The second kappa shape index (κ2) is 39.3. The normalized spacial score (nSPS) is 15.8. The van der Waals surface area contributed by atoms with Crippen molar-refractivity contribution >= 4 is 11.9 Å². The summed E-state index contributed by atoms with van der Waals surface area (Å²) in [7, 11) is 0. The number of benzene rings is 14. The average molecular weight is 1720 g/mol. The highest BCUT2D eigenvalue weighted by atomic mass is 16.3. The first-order valence-corrected chi connectivity index (χ1v) is 47.2. The van der Waals surface area contributed by atoms with Gasteiger partial charge in [0.15, 0.2) is 5.78 Å². The Balaban J connectivity index is 0.000000116. The van der Waals surface area contributed by atoms with Crippen LogP contribution in [0.4, 0.5) is 0 Å². The Morgan fingerprint density at radius 1 is 0.223 bits per heavy atom. The second-order valence-corrected chi connectivity index (χ2v) is 38.7. The van der Waals surface area contributed by atoms with E-state index in [1.807, 2.05) is 119 Å². The first-order valence-electron chi connectivity index (χ1n) is 47.2. The van der Waals surface area contributed by atoms with E-state index in [1.54, 1.807) is 11.1 Å². The van der Waals surface area contributed by atoms with Crippen LogP contribution in [0.3, 0.4) is 0 Å². The molecule has 0 heterocycles. The highest BCUT2D eigenvalue weighted by Crippen LogP contribution is 2.44. The van der Waals surface area contributed by atoms with Crippen LogP contribution in [0.2, 0.25) is 0 Å². The van der Waals surface area contributed by atoms with E-state index in [9.17, 15) is 35.4 Å². The number of phenolic OH excluding ortho intramolecular Hbond substituents is 6. The molecule has 0 spiro atoms. The maximum Gasteiger partial charge on any atom is 0.163 e. The smallest absolute Gasteiger partial charge is 0.163 e. The van der Waals surface area contributed by atoms with E-state index in [4.69, 9.17) is 0 Å². The summed E-state index contributed by atoms with van der Waals surface area (Å²) in [5.74, 6) is 5.48. The number of rotatable bonds is 7. The van der Waals surface area contributed by atoms with Crippen LogP contribution in [0.25, 0.3) is 84.0 Å². The van der Waals surface area contributed by atoms with Gasteiger partial charge in [0.2, 0.25) is 0 Å². The third kappa shape index (κ3) is 20.5. The third-order valence-corrected chi connectivity index (χ3v) is 28.5. The van der Waals surface area contributed by atoms with E-state index in [-0.39, 0.29) is 5.78 Å². The summed E-state index contributed by atoms with van der Waals surface area (Å²) in [6.07, 6.45) is 20.6. The molecule has 0 bridgehead atoms. The van der Waals surface area contributed by atoms with Crippen molar-refractivity contribution in [1.82, 2.24) is 0 Å². The van der Waals surface area contributed by atoms with E-state index >= 15 is 0 Å². The molecule has 0 saturated carbocycles. The number of allylic oxidation sites excluding steroid dienone is 1. The Hall–Kier alpha value is -12.7. The topological polar surface area (TPSA) is 138 Å². The summed E-state index contributed by atoms with van der Waals surface area (Å²) in [4.78, 5) is 11.8. The highest BCUT2D eigenvalue weighted by Gasteiger charge is 2.26. The fourth-order valence-corrected chi connectivity index (χ4v) is 20.7. The Morgan fingerprint density at radius 3 is 0.869 bits per heavy atom. The van der Waals surface area contributed by atoms with Crippen LogP contribution < -0.4 is 0 Å². The minimum Gasteiger partial charge on any atom is -0.507 e.